The number of hydrogen-bond acceptors (Lipinski definition) is 2. The van der Waals surface area contributed by atoms with Crippen LogP contribution in [-0.4, -0.2) is 17.8 Å². The summed E-state index contributed by atoms with van der Waals surface area (Å²) in [5.41, 5.74) is 1.02. The molecule has 84 valence electrons. The third-order valence-electron chi connectivity index (χ3n) is 2.20. The van der Waals surface area contributed by atoms with Crippen LogP contribution in [-0.2, 0) is 6.54 Å². The maximum atomic E-state index is 12.9. The molecule has 1 atom stereocenters. The SMILES string of the molecule is C[C@H](CCO)NCc1ccc(F)c(Br)c1. The van der Waals surface area contributed by atoms with Gasteiger partial charge in [0.2, 0.25) is 0 Å². The molecule has 0 aliphatic carbocycles. The summed E-state index contributed by atoms with van der Waals surface area (Å²) in [6.07, 6.45) is 0.725. The molecule has 0 aliphatic heterocycles. The van der Waals surface area contributed by atoms with E-state index in [1.807, 2.05) is 6.92 Å². The second kappa shape index (κ2) is 6.20. The molecular weight excluding hydrogens is 261 g/mol. The van der Waals surface area contributed by atoms with Crippen LogP contribution in [0.25, 0.3) is 0 Å². The molecular formula is C11H15BrFNO. The largest absolute Gasteiger partial charge is 0.396 e. The lowest BCUT2D eigenvalue weighted by Gasteiger charge is -2.12. The highest BCUT2D eigenvalue weighted by atomic mass is 79.9. The van der Waals surface area contributed by atoms with E-state index in [2.05, 4.69) is 21.2 Å². The van der Waals surface area contributed by atoms with Crippen molar-refractivity contribution in [2.75, 3.05) is 6.61 Å². The third kappa shape index (κ3) is 4.28. The van der Waals surface area contributed by atoms with Crippen LogP contribution in [0.5, 0.6) is 0 Å². The van der Waals surface area contributed by atoms with E-state index in [0.717, 1.165) is 12.0 Å². The van der Waals surface area contributed by atoms with E-state index >= 15 is 0 Å². The molecule has 0 saturated carbocycles. The molecule has 0 amide bonds. The highest BCUT2D eigenvalue weighted by Crippen LogP contribution is 2.16. The average Bonchev–Trinajstić information content (AvgIpc) is 2.20. The van der Waals surface area contributed by atoms with Crippen LogP contribution in [0.2, 0.25) is 0 Å². The van der Waals surface area contributed by atoms with Gasteiger partial charge in [0.05, 0.1) is 4.47 Å². The van der Waals surface area contributed by atoms with Gasteiger partial charge in [0.25, 0.3) is 0 Å². The summed E-state index contributed by atoms with van der Waals surface area (Å²) in [4.78, 5) is 0. The zero-order valence-corrected chi connectivity index (χ0v) is 10.2. The first-order valence-corrected chi connectivity index (χ1v) is 5.71. The van der Waals surface area contributed by atoms with Gasteiger partial charge in [0, 0.05) is 19.2 Å². The van der Waals surface area contributed by atoms with Crippen LogP contribution >= 0.6 is 15.9 Å². The standard InChI is InChI=1S/C11H15BrFNO/c1-8(4-5-15)14-7-9-2-3-11(13)10(12)6-9/h2-3,6,8,14-15H,4-5,7H2,1H3/t8-/m1/s1. The predicted octanol–water partition coefficient (Wildman–Crippen LogP) is 2.45. The molecule has 0 spiro atoms. The second-order valence-electron chi connectivity index (χ2n) is 3.54. The van der Waals surface area contributed by atoms with Crippen molar-refractivity contribution in [2.24, 2.45) is 0 Å². The smallest absolute Gasteiger partial charge is 0.137 e. The Morgan fingerprint density at radius 2 is 2.27 bits per heavy atom. The molecule has 0 radical (unpaired) electrons. The summed E-state index contributed by atoms with van der Waals surface area (Å²) >= 11 is 3.14. The summed E-state index contributed by atoms with van der Waals surface area (Å²) in [7, 11) is 0. The predicted molar refractivity (Wildman–Crippen MR) is 62.1 cm³/mol. The van der Waals surface area contributed by atoms with Gasteiger partial charge >= 0.3 is 0 Å². The summed E-state index contributed by atoms with van der Waals surface area (Å²) in [5.74, 6) is -0.248. The van der Waals surface area contributed by atoms with E-state index in [4.69, 9.17) is 5.11 Å². The monoisotopic (exact) mass is 275 g/mol. The van der Waals surface area contributed by atoms with Crippen molar-refractivity contribution < 1.29 is 9.50 Å². The molecule has 0 saturated heterocycles. The number of halogens is 2. The first-order chi connectivity index (χ1) is 7.13. The maximum Gasteiger partial charge on any atom is 0.137 e. The topological polar surface area (TPSA) is 32.3 Å². The van der Waals surface area contributed by atoms with Crippen molar-refractivity contribution in [2.45, 2.75) is 25.9 Å². The van der Waals surface area contributed by atoms with Crippen LogP contribution in [0.3, 0.4) is 0 Å². The Bertz CT molecular complexity index is 319. The van der Waals surface area contributed by atoms with E-state index in [0.29, 0.717) is 11.0 Å². The summed E-state index contributed by atoms with van der Waals surface area (Å²) < 4.78 is 13.4. The van der Waals surface area contributed by atoms with Crippen LogP contribution in [0, 0.1) is 5.82 Å². The number of aliphatic hydroxyl groups is 1. The number of rotatable bonds is 5. The molecule has 15 heavy (non-hydrogen) atoms. The number of nitrogens with one attached hydrogen (secondary N) is 1. The second-order valence-corrected chi connectivity index (χ2v) is 4.40. The van der Waals surface area contributed by atoms with Gasteiger partial charge in [-0.2, -0.15) is 0 Å². The first-order valence-electron chi connectivity index (χ1n) is 4.91. The minimum atomic E-state index is -0.248. The molecule has 0 aromatic heterocycles. The van der Waals surface area contributed by atoms with Gasteiger partial charge in [0.1, 0.15) is 5.82 Å². The van der Waals surface area contributed by atoms with Gasteiger partial charge in [-0.15, -0.1) is 0 Å². The van der Waals surface area contributed by atoms with Crippen LogP contribution in [0.1, 0.15) is 18.9 Å². The van der Waals surface area contributed by atoms with E-state index in [9.17, 15) is 4.39 Å². The molecule has 2 N–H and O–H groups in total. The number of hydrogen-bond donors (Lipinski definition) is 2. The molecule has 1 rings (SSSR count). The van der Waals surface area contributed by atoms with Crippen LogP contribution in [0.4, 0.5) is 4.39 Å². The molecule has 0 bridgehead atoms. The average molecular weight is 276 g/mol. The maximum absolute atomic E-state index is 12.9. The summed E-state index contributed by atoms with van der Waals surface area (Å²) in [6, 6.07) is 5.21. The molecule has 0 aliphatic rings. The lowest BCUT2D eigenvalue weighted by Crippen LogP contribution is -2.26. The Labute approximate surface area is 97.6 Å². The zero-order chi connectivity index (χ0) is 11.3. The van der Waals surface area contributed by atoms with Gasteiger partial charge in [-0.05, 0) is 47.0 Å². The van der Waals surface area contributed by atoms with Crippen molar-refractivity contribution in [1.29, 1.82) is 0 Å². The summed E-state index contributed by atoms with van der Waals surface area (Å²) in [5, 5.41) is 12.0. The Balaban J connectivity index is 2.47. The fraction of sp³-hybridized carbons (Fsp3) is 0.455. The van der Waals surface area contributed by atoms with Crippen LogP contribution in [0.15, 0.2) is 22.7 Å². The quantitative estimate of drug-likeness (QED) is 0.865. The highest BCUT2D eigenvalue weighted by Gasteiger charge is 2.03. The van der Waals surface area contributed by atoms with E-state index in [1.54, 1.807) is 12.1 Å². The Morgan fingerprint density at radius 1 is 1.53 bits per heavy atom. The van der Waals surface area contributed by atoms with E-state index in [1.165, 1.54) is 6.07 Å². The summed E-state index contributed by atoms with van der Waals surface area (Å²) in [6.45, 7) is 2.87. The fourth-order valence-electron chi connectivity index (χ4n) is 1.24. The Morgan fingerprint density at radius 3 is 2.87 bits per heavy atom. The van der Waals surface area contributed by atoms with Crippen molar-refractivity contribution in [3.8, 4) is 0 Å². The normalized spacial score (nSPS) is 12.8. The Kier molecular flexibility index (Phi) is 5.22. The van der Waals surface area contributed by atoms with E-state index < -0.39 is 0 Å². The van der Waals surface area contributed by atoms with Gasteiger partial charge in [-0.1, -0.05) is 6.07 Å². The molecule has 0 unspecified atom stereocenters. The minimum absolute atomic E-state index is 0.182. The number of benzene rings is 1. The van der Waals surface area contributed by atoms with Gasteiger partial charge < -0.3 is 10.4 Å². The van der Waals surface area contributed by atoms with Gasteiger partial charge in [-0.25, -0.2) is 4.39 Å². The van der Waals surface area contributed by atoms with Crippen molar-refractivity contribution in [3.05, 3.63) is 34.1 Å². The van der Waals surface area contributed by atoms with Crippen molar-refractivity contribution >= 4 is 15.9 Å². The molecule has 1 aromatic rings. The minimum Gasteiger partial charge on any atom is -0.396 e. The zero-order valence-electron chi connectivity index (χ0n) is 8.63. The Hall–Kier alpha value is -0.450. The lowest BCUT2D eigenvalue weighted by molar-refractivity contribution is 0.268. The van der Waals surface area contributed by atoms with E-state index in [-0.39, 0.29) is 18.5 Å². The fourth-order valence-corrected chi connectivity index (χ4v) is 1.66. The van der Waals surface area contributed by atoms with Gasteiger partial charge in [0.15, 0.2) is 0 Å². The van der Waals surface area contributed by atoms with Crippen molar-refractivity contribution in [1.82, 2.24) is 5.32 Å². The number of aliphatic hydroxyl groups excluding tert-OH is 1. The lowest BCUT2D eigenvalue weighted by atomic mass is 10.2. The molecule has 1 aromatic carbocycles. The third-order valence-corrected chi connectivity index (χ3v) is 2.81. The molecule has 2 nitrogen and oxygen atoms in total. The molecule has 0 heterocycles. The molecule has 0 fully saturated rings. The first kappa shape index (κ1) is 12.6. The van der Waals surface area contributed by atoms with Crippen LogP contribution < -0.4 is 5.32 Å². The van der Waals surface area contributed by atoms with Gasteiger partial charge in [-0.3, -0.25) is 0 Å². The highest BCUT2D eigenvalue weighted by molar-refractivity contribution is 9.10. The molecule has 4 heteroatoms. The van der Waals surface area contributed by atoms with Crippen molar-refractivity contribution in [3.63, 3.8) is 0 Å².